The number of nitrogens with two attached hydrogens (primary N) is 1. The normalized spacial score (nSPS) is 27.7. The van der Waals surface area contributed by atoms with Crippen molar-refractivity contribution in [2.45, 2.75) is 42.8 Å². The molecule has 0 amide bonds. The second-order valence-electron chi connectivity index (χ2n) is 6.01. The van der Waals surface area contributed by atoms with Crippen molar-refractivity contribution in [3.63, 3.8) is 0 Å². The minimum Gasteiger partial charge on any atom is -0.326 e. The average Bonchev–Trinajstić information content (AvgIpc) is 2.71. The smallest absolute Gasteiger partial charge is 0.243 e. The van der Waals surface area contributed by atoms with Gasteiger partial charge in [0, 0.05) is 31.7 Å². The molecule has 2 N–H and O–H groups in total. The van der Waals surface area contributed by atoms with E-state index in [0.29, 0.717) is 35.6 Å². The summed E-state index contributed by atoms with van der Waals surface area (Å²) in [6.45, 7) is 1.44. The summed E-state index contributed by atoms with van der Waals surface area (Å²) >= 11 is 0. The molecule has 116 valence electrons. The van der Waals surface area contributed by atoms with Crippen molar-refractivity contribution < 1.29 is 8.42 Å². The van der Waals surface area contributed by atoms with Crippen LogP contribution in [0.15, 0.2) is 29.2 Å². The van der Waals surface area contributed by atoms with Crippen molar-refractivity contribution in [3.8, 4) is 0 Å². The molecule has 2 fully saturated rings. The first-order valence-corrected chi connectivity index (χ1v) is 8.98. The van der Waals surface area contributed by atoms with Gasteiger partial charge in [0.1, 0.15) is 0 Å². The number of nitrogens with zero attached hydrogens (tertiary/aromatic N) is 2. The molecular formula is C15H23N3O2S. The average molecular weight is 309 g/mol. The maximum absolute atomic E-state index is 13.0. The molecule has 0 saturated carbocycles. The van der Waals surface area contributed by atoms with Gasteiger partial charge in [0.15, 0.2) is 0 Å². The highest BCUT2D eigenvalue weighted by Gasteiger charge is 2.38. The Morgan fingerprint density at radius 1 is 1.19 bits per heavy atom. The Bertz CT molecular complexity index is 617. The zero-order valence-corrected chi connectivity index (χ0v) is 13.2. The van der Waals surface area contributed by atoms with E-state index in [1.807, 2.05) is 6.07 Å². The highest BCUT2D eigenvalue weighted by Crippen LogP contribution is 2.31. The lowest BCUT2D eigenvalue weighted by Crippen LogP contribution is -2.40. The van der Waals surface area contributed by atoms with Crippen LogP contribution in [-0.4, -0.2) is 49.8 Å². The van der Waals surface area contributed by atoms with Gasteiger partial charge in [0.2, 0.25) is 10.0 Å². The molecule has 21 heavy (non-hydrogen) atoms. The molecule has 0 aromatic heterocycles. The number of hydrogen-bond donors (Lipinski definition) is 1. The molecule has 1 aromatic carbocycles. The second kappa shape index (κ2) is 5.68. The lowest BCUT2D eigenvalue weighted by molar-refractivity contribution is 0.246. The third kappa shape index (κ3) is 2.61. The highest BCUT2D eigenvalue weighted by atomic mass is 32.2. The quantitative estimate of drug-likeness (QED) is 0.905. The summed E-state index contributed by atoms with van der Waals surface area (Å²) in [5, 5.41) is 0. The van der Waals surface area contributed by atoms with Gasteiger partial charge in [-0.3, -0.25) is 4.90 Å². The van der Waals surface area contributed by atoms with Crippen molar-refractivity contribution in [3.05, 3.63) is 29.8 Å². The largest absolute Gasteiger partial charge is 0.326 e. The van der Waals surface area contributed by atoms with Crippen LogP contribution in [0.4, 0.5) is 0 Å². The highest BCUT2D eigenvalue weighted by molar-refractivity contribution is 7.89. The molecule has 0 spiro atoms. The van der Waals surface area contributed by atoms with Gasteiger partial charge < -0.3 is 5.73 Å². The van der Waals surface area contributed by atoms with E-state index in [0.717, 1.165) is 12.8 Å². The Kier molecular flexibility index (Phi) is 4.05. The second-order valence-corrected chi connectivity index (χ2v) is 7.92. The summed E-state index contributed by atoms with van der Waals surface area (Å²) in [6.07, 6.45) is 3.19. The van der Waals surface area contributed by atoms with Crippen LogP contribution in [0.3, 0.4) is 0 Å². The van der Waals surface area contributed by atoms with Gasteiger partial charge in [-0.1, -0.05) is 18.2 Å². The van der Waals surface area contributed by atoms with Crippen LogP contribution in [0.1, 0.15) is 24.8 Å². The molecule has 5 nitrogen and oxygen atoms in total. The van der Waals surface area contributed by atoms with Crippen molar-refractivity contribution in [2.75, 3.05) is 20.1 Å². The summed E-state index contributed by atoms with van der Waals surface area (Å²) < 4.78 is 27.6. The first-order valence-electron chi connectivity index (χ1n) is 7.54. The standard InChI is InChI=1S/C15H23N3O2S/c1-17-13-6-7-14(17)11-18(9-8-13)21(19,20)15-5-3-2-4-12(15)10-16/h2-5,13-14H,6-11,16H2,1H3. The van der Waals surface area contributed by atoms with Crippen LogP contribution in [0.25, 0.3) is 0 Å². The lowest BCUT2D eigenvalue weighted by Gasteiger charge is -2.26. The van der Waals surface area contributed by atoms with Crippen LogP contribution >= 0.6 is 0 Å². The number of likely N-dealkylation sites (N-methyl/N-ethyl adjacent to an activating group) is 1. The molecule has 0 radical (unpaired) electrons. The summed E-state index contributed by atoms with van der Waals surface area (Å²) in [4.78, 5) is 2.72. The van der Waals surface area contributed by atoms with Gasteiger partial charge in [-0.2, -0.15) is 4.31 Å². The Balaban J connectivity index is 1.92. The zero-order chi connectivity index (χ0) is 15.0. The fraction of sp³-hybridized carbons (Fsp3) is 0.600. The summed E-state index contributed by atoms with van der Waals surface area (Å²) in [5.41, 5.74) is 6.39. The van der Waals surface area contributed by atoms with Gasteiger partial charge in [-0.25, -0.2) is 8.42 Å². The third-order valence-corrected chi connectivity index (χ3v) is 6.89. The van der Waals surface area contributed by atoms with E-state index in [9.17, 15) is 8.42 Å². The molecule has 0 aliphatic carbocycles. The van der Waals surface area contributed by atoms with E-state index < -0.39 is 10.0 Å². The van der Waals surface area contributed by atoms with Gasteiger partial charge in [0.25, 0.3) is 0 Å². The van der Waals surface area contributed by atoms with E-state index in [-0.39, 0.29) is 6.54 Å². The monoisotopic (exact) mass is 309 g/mol. The first kappa shape index (κ1) is 15.0. The Labute approximate surface area is 126 Å². The number of rotatable bonds is 3. The van der Waals surface area contributed by atoms with Crippen LogP contribution in [-0.2, 0) is 16.6 Å². The van der Waals surface area contributed by atoms with Crippen LogP contribution in [0, 0.1) is 0 Å². The number of hydrogen-bond acceptors (Lipinski definition) is 4. The third-order valence-electron chi connectivity index (χ3n) is 4.92. The minimum atomic E-state index is -3.45. The molecular weight excluding hydrogens is 286 g/mol. The molecule has 6 heteroatoms. The van der Waals surface area contributed by atoms with E-state index in [4.69, 9.17) is 5.73 Å². The Morgan fingerprint density at radius 2 is 1.90 bits per heavy atom. The van der Waals surface area contributed by atoms with Gasteiger partial charge in [0.05, 0.1) is 4.90 Å². The van der Waals surface area contributed by atoms with E-state index in [1.54, 1.807) is 22.5 Å². The van der Waals surface area contributed by atoms with Crippen molar-refractivity contribution in [1.82, 2.24) is 9.21 Å². The number of sulfonamides is 1. The SMILES string of the molecule is CN1C2CCC1CN(S(=O)(=O)c1ccccc1CN)CC2. The molecule has 1 aromatic rings. The van der Waals surface area contributed by atoms with Crippen LogP contribution < -0.4 is 5.73 Å². The minimum absolute atomic E-state index is 0.245. The van der Waals surface area contributed by atoms with Crippen LogP contribution in [0.2, 0.25) is 0 Å². The van der Waals surface area contributed by atoms with E-state index in [1.165, 1.54) is 6.42 Å². The predicted molar refractivity (Wildman–Crippen MR) is 82.3 cm³/mol. The fourth-order valence-electron chi connectivity index (χ4n) is 3.56. The zero-order valence-electron chi connectivity index (χ0n) is 12.4. The maximum Gasteiger partial charge on any atom is 0.243 e. The molecule has 2 saturated heterocycles. The van der Waals surface area contributed by atoms with Gasteiger partial charge in [-0.05, 0) is 37.9 Å². The maximum atomic E-state index is 13.0. The van der Waals surface area contributed by atoms with Crippen LogP contribution in [0.5, 0.6) is 0 Å². The van der Waals surface area contributed by atoms with E-state index >= 15 is 0 Å². The molecule has 3 rings (SSSR count). The van der Waals surface area contributed by atoms with Crippen molar-refractivity contribution >= 4 is 10.0 Å². The summed E-state index contributed by atoms with van der Waals surface area (Å²) in [7, 11) is -1.33. The summed E-state index contributed by atoms with van der Waals surface area (Å²) in [5.74, 6) is 0. The molecule has 2 aliphatic heterocycles. The predicted octanol–water partition coefficient (Wildman–Crippen LogP) is 1.00. The molecule has 2 heterocycles. The Hall–Kier alpha value is -0.950. The molecule has 2 bridgehead atoms. The van der Waals surface area contributed by atoms with Crippen molar-refractivity contribution in [1.29, 1.82) is 0 Å². The van der Waals surface area contributed by atoms with E-state index in [2.05, 4.69) is 11.9 Å². The first-order chi connectivity index (χ1) is 10.0. The molecule has 2 atom stereocenters. The van der Waals surface area contributed by atoms with Crippen molar-refractivity contribution in [2.24, 2.45) is 5.73 Å². The van der Waals surface area contributed by atoms with Gasteiger partial charge >= 0.3 is 0 Å². The number of fused-ring (bicyclic) bond motifs is 2. The topological polar surface area (TPSA) is 66.6 Å². The summed E-state index contributed by atoms with van der Waals surface area (Å²) in [6, 6.07) is 7.94. The number of benzene rings is 1. The Morgan fingerprint density at radius 3 is 2.67 bits per heavy atom. The molecule has 2 unspecified atom stereocenters. The fourth-order valence-corrected chi connectivity index (χ4v) is 5.28. The lowest BCUT2D eigenvalue weighted by atomic mass is 10.1. The molecule has 2 aliphatic rings. The van der Waals surface area contributed by atoms with Gasteiger partial charge in [-0.15, -0.1) is 0 Å².